The van der Waals surface area contributed by atoms with Gasteiger partial charge in [0.1, 0.15) is 22.6 Å². The predicted molar refractivity (Wildman–Crippen MR) is 127 cm³/mol. The van der Waals surface area contributed by atoms with Crippen LogP contribution < -0.4 is 9.47 Å². The molecule has 1 N–H and O–H groups in total. The number of rotatable bonds is 7. The molecule has 0 aliphatic rings. The number of hydrogen-bond donors (Lipinski definition) is 1. The Balaban J connectivity index is 0.00000129. The number of carboxylic acids is 1. The smallest absolute Gasteiger partial charge is 0.416 e. The van der Waals surface area contributed by atoms with Gasteiger partial charge in [-0.2, -0.15) is 13.2 Å². The molecule has 3 aromatic rings. The number of halogens is 3. The van der Waals surface area contributed by atoms with Crippen molar-refractivity contribution < 1.29 is 32.5 Å². The molecule has 0 aliphatic carbocycles. The van der Waals surface area contributed by atoms with Crippen LogP contribution in [-0.4, -0.2) is 22.7 Å². The van der Waals surface area contributed by atoms with Crippen LogP contribution in [0.3, 0.4) is 0 Å². The Kier molecular flexibility index (Phi) is 9.49. The molecule has 0 saturated heterocycles. The molecule has 0 bridgehead atoms. The third-order valence-corrected chi connectivity index (χ3v) is 5.84. The molecule has 0 fully saturated rings. The van der Waals surface area contributed by atoms with Crippen LogP contribution in [0.2, 0.25) is 0 Å². The van der Waals surface area contributed by atoms with Crippen LogP contribution in [0.25, 0.3) is 10.6 Å². The highest BCUT2D eigenvalue weighted by Crippen LogP contribution is 2.36. The topological polar surface area (TPSA) is 68.7 Å². The molecule has 184 valence electrons. The maximum Gasteiger partial charge on any atom is 0.416 e. The predicted octanol–water partition coefficient (Wildman–Crippen LogP) is 7.47. The number of benzene rings is 2. The van der Waals surface area contributed by atoms with E-state index in [0.717, 1.165) is 28.3 Å². The van der Waals surface area contributed by atoms with Crippen molar-refractivity contribution in [3.63, 3.8) is 0 Å². The molecule has 2 aromatic carbocycles. The van der Waals surface area contributed by atoms with E-state index in [1.807, 2.05) is 13.8 Å². The normalized spacial score (nSPS) is 11.9. The lowest BCUT2D eigenvalue weighted by molar-refractivity contribution is -0.139. The fourth-order valence-corrected chi connectivity index (χ4v) is 4.02. The third-order valence-electron chi connectivity index (χ3n) is 4.47. The second kappa shape index (κ2) is 11.9. The first-order valence-electron chi connectivity index (χ1n) is 10.7. The van der Waals surface area contributed by atoms with Crippen molar-refractivity contribution in [1.82, 2.24) is 4.98 Å². The molecule has 3 rings (SSSR count). The van der Waals surface area contributed by atoms with Crippen molar-refractivity contribution in [3.05, 3.63) is 64.2 Å². The first kappa shape index (κ1) is 27.2. The first-order chi connectivity index (χ1) is 16.0. The highest BCUT2D eigenvalue weighted by atomic mass is 32.1. The summed E-state index contributed by atoms with van der Waals surface area (Å²) < 4.78 is 49.5. The van der Waals surface area contributed by atoms with Crippen molar-refractivity contribution in [2.24, 2.45) is 0 Å². The van der Waals surface area contributed by atoms with Gasteiger partial charge in [0.25, 0.3) is 0 Å². The minimum absolute atomic E-state index is 0.342. The molecule has 5 nitrogen and oxygen atoms in total. The Morgan fingerprint density at radius 2 is 1.74 bits per heavy atom. The number of thiazole rings is 1. The lowest BCUT2D eigenvalue weighted by Gasteiger charge is -2.15. The monoisotopic (exact) mass is 495 g/mol. The number of aliphatic carboxylic acids is 1. The van der Waals surface area contributed by atoms with Crippen molar-refractivity contribution >= 4 is 17.3 Å². The van der Waals surface area contributed by atoms with Crippen LogP contribution in [0, 0.1) is 13.8 Å². The minimum Gasteiger partial charge on any atom is -0.485 e. The van der Waals surface area contributed by atoms with E-state index in [4.69, 9.17) is 14.6 Å². The molecule has 0 spiro atoms. The summed E-state index contributed by atoms with van der Waals surface area (Å²) in [4.78, 5) is 16.0. The van der Waals surface area contributed by atoms with E-state index in [1.54, 1.807) is 25.1 Å². The van der Waals surface area contributed by atoms with E-state index < -0.39 is 24.3 Å². The summed E-state index contributed by atoms with van der Waals surface area (Å²) in [7, 11) is 0. The van der Waals surface area contributed by atoms with Gasteiger partial charge in [0.05, 0.1) is 16.1 Å². The maximum atomic E-state index is 12.8. The van der Waals surface area contributed by atoms with Gasteiger partial charge >= 0.3 is 12.1 Å². The average molecular weight is 496 g/mol. The van der Waals surface area contributed by atoms with Crippen molar-refractivity contribution in [2.45, 2.75) is 53.3 Å². The SMILES string of the molecule is CCC.Cc1cc(OC(C)c2sc(-c3ccc(C(F)(F)F)cc3)nc2C)ccc1OCC(=O)O. The van der Waals surface area contributed by atoms with Crippen LogP contribution in [-0.2, 0) is 11.0 Å². The highest BCUT2D eigenvalue weighted by molar-refractivity contribution is 7.15. The van der Waals surface area contributed by atoms with Crippen molar-refractivity contribution in [1.29, 1.82) is 0 Å². The molecule has 0 aliphatic heterocycles. The molecule has 1 aromatic heterocycles. The molecule has 9 heteroatoms. The number of carboxylic acid groups (broad SMARTS) is 1. The second-order valence-corrected chi connectivity index (χ2v) is 8.65. The first-order valence-corrected chi connectivity index (χ1v) is 11.5. The third kappa shape index (κ3) is 7.48. The second-order valence-electron chi connectivity index (χ2n) is 7.62. The molecule has 0 amide bonds. The lowest BCUT2D eigenvalue weighted by atomic mass is 10.1. The Bertz CT molecular complexity index is 1090. The molecule has 1 unspecified atom stereocenters. The molecular formula is C25H28F3NO4S. The van der Waals surface area contributed by atoms with Crippen LogP contribution in [0.5, 0.6) is 11.5 Å². The van der Waals surface area contributed by atoms with E-state index in [1.165, 1.54) is 29.9 Å². The minimum atomic E-state index is -4.38. The van der Waals surface area contributed by atoms with Crippen LogP contribution in [0.4, 0.5) is 13.2 Å². The number of hydrogen-bond acceptors (Lipinski definition) is 5. The largest absolute Gasteiger partial charge is 0.485 e. The zero-order chi connectivity index (χ0) is 25.5. The molecule has 1 atom stereocenters. The van der Waals surface area contributed by atoms with Gasteiger partial charge in [0.15, 0.2) is 6.61 Å². The number of aryl methyl sites for hydroxylation is 2. The number of aromatic nitrogens is 1. The lowest BCUT2D eigenvalue weighted by Crippen LogP contribution is -2.10. The molecule has 0 radical (unpaired) electrons. The Morgan fingerprint density at radius 3 is 2.26 bits per heavy atom. The van der Waals surface area contributed by atoms with E-state index in [0.29, 0.717) is 22.1 Å². The van der Waals surface area contributed by atoms with Crippen LogP contribution >= 0.6 is 11.3 Å². The zero-order valence-corrected chi connectivity index (χ0v) is 20.5. The van der Waals surface area contributed by atoms with Gasteiger partial charge < -0.3 is 14.6 Å². The van der Waals surface area contributed by atoms with E-state index in [2.05, 4.69) is 18.8 Å². The quantitative estimate of drug-likeness (QED) is 0.368. The number of alkyl halides is 3. The van der Waals surface area contributed by atoms with Crippen molar-refractivity contribution in [2.75, 3.05) is 6.61 Å². The summed E-state index contributed by atoms with van der Waals surface area (Å²) in [5, 5.41) is 9.34. The van der Waals surface area contributed by atoms with E-state index in [-0.39, 0.29) is 6.10 Å². The average Bonchev–Trinajstić information content (AvgIpc) is 3.15. The van der Waals surface area contributed by atoms with Gasteiger partial charge in [-0.3, -0.25) is 0 Å². The van der Waals surface area contributed by atoms with E-state index >= 15 is 0 Å². The summed E-state index contributed by atoms with van der Waals surface area (Å²) in [6.45, 7) is 9.30. The van der Waals surface area contributed by atoms with Gasteiger partial charge in [0, 0.05) is 5.56 Å². The van der Waals surface area contributed by atoms with E-state index in [9.17, 15) is 18.0 Å². The summed E-state index contributed by atoms with van der Waals surface area (Å²) in [6.07, 6.45) is -3.47. The highest BCUT2D eigenvalue weighted by Gasteiger charge is 2.30. The van der Waals surface area contributed by atoms with Crippen LogP contribution in [0.1, 0.15) is 55.0 Å². The van der Waals surface area contributed by atoms with Crippen LogP contribution in [0.15, 0.2) is 42.5 Å². The molecular weight excluding hydrogens is 467 g/mol. The van der Waals surface area contributed by atoms with Gasteiger partial charge in [-0.05, 0) is 56.7 Å². The summed E-state index contributed by atoms with van der Waals surface area (Å²) in [5.41, 5.74) is 1.38. The zero-order valence-electron chi connectivity index (χ0n) is 19.7. The fourth-order valence-electron chi connectivity index (χ4n) is 2.96. The fraction of sp³-hybridized carbons (Fsp3) is 0.360. The summed E-state index contributed by atoms with van der Waals surface area (Å²) in [5.74, 6) is -0.0182. The number of ether oxygens (including phenoxy) is 2. The van der Waals surface area contributed by atoms with Gasteiger partial charge in [-0.1, -0.05) is 32.4 Å². The summed E-state index contributed by atoms with van der Waals surface area (Å²) >= 11 is 1.36. The number of nitrogens with zero attached hydrogens (tertiary/aromatic N) is 1. The van der Waals surface area contributed by atoms with Crippen molar-refractivity contribution in [3.8, 4) is 22.1 Å². The van der Waals surface area contributed by atoms with Gasteiger partial charge in [0.2, 0.25) is 0 Å². The Labute approximate surface area is 201 Å². The molecule has 1 heterocycles. The standard InChI is InChI=1S/C22H20F3NO4S.C3H8/c1-12-10-17(8-9-18(12)29-11-19(27)28)30-14(3)20-13(2)26-21(31-20)15-4-6-16(7-5-15)22(23,24)25;1-3-2/h4-10,14H,11H2,1-3H3,(H,27,28);3H2,1-2H3. The number of carbonyl (C=O) groups is 1. The summed E-state index contributed by atoms with van der Waals surface area (Å²) in [6, 6.07) is 10.00. The molecule has 0 saturated carbocycles. The Hall–Kier alpha value is -3.07. The van der Waals surface area contributed by atoms with Gasteiger partial charge in [-0.25, -0.2) is 9.78 Å². The Morgan fingerprint density at radius 1 is 1.12 bits per heavy atom. The molecule has 34 heavy (non-hydrogen) atoms. The van der Waals surface area contributed by atoms with Gasteiger partial charge in [-0.15, -0.1) is 11.3 Å². The maximum absolute atomic E-state index is 12.8.